The van der Waals surface area contributed by atoms with Gasteiger partial charge in [-0.25, -0.2) is 0 Å². The molecule has 8 heteroatoms. The molecule has 1 fully saturated rings. The molecule has 0 bridgehead atoms. The number of hydrogen-bond donors (Lipinski definition) is 0. The van der Waals surface area contributed by atoms with Crippen molar-refractivity contribution < 1.29 is 32.2 Å². The molecule has 5 nitrogen and oxygen atoms in total. The van der Waals surface area contributed by atoms with Gasteiger partial charge in [-0.1, -0.05) is 18.2 Å². The van der Waals surface area contributed by atoms with Gasteiger partial charge in [0, 0.05) is 18.5 Å². The molecule has 0 aliphatic carbocycles. The first kappa shape index (κ1) is 21.5. The lowest BCUT2D eigenvalue weighted by molar-refractivity contribution is -0.176. The maximum Gasteiger partial charge on any atom is 0.411 e. The molecule has 0 radical (unpaired) electrons. The largest absolute Gasteiger partial charge is 0.490 e. The molecule has 1 unspecified atom stereocenters. The SMILES string of the molecule is O=C(c1ccc(COCC(F)(F)F)cc1)N1CCCC1c1ccc2c(c1)OCCCO2. The third-order valence-corrected chi connectivity index (χ3v) is 5.41. The summed E-state index contributed by atoms with van der Waals surface area (Å²) >= 11 is 0. The van der Waals surface area contributed by atoms with Crippen molar-refractivity contribution in [3.63, 3.8) is 0 Å². The average Bonchev–Trinajstić information content (AvgIpc) is 3.11. The number of alkyl halides is 3. The zero-order valence-electron chi connectivity index (χ0n) is 17.0. The van der Waals surface area contributed by atoms with Gasteiger partial charge in [0.2, 0.25) is 0 Å². The molecule has 4 rings (SSSR count). The molecule has 2 aliphatic heterocycles. The molecule has 1 atom stereocenters. The number of rotatable bonds is 5. The van der Waals surface area contributed by atoms with Crippen LogP contribution in [0.15, 0.2) is 42.5 Å². The van der Waals surface area contributed by atoms with Gasteiger partial charge in [-0.05, 0) is 48.2 Å². The highest BCUT2D eigenvalue weighted by atomic mass is 19.4. The van der Waals surface area contributed by atoms with Crippen LogP contribution >= 0.6 is 0 Å². The lowest BCUT2D eigenvalue weighted by Gasteiger charge is -2.26. The molecule has 2 aromatic rings. The molecule has 2 aliphatic rings. The van der Waals surface area contributed by atoms with Crippen LogP contribution in [0.1, 0.15) is 46.8 Å². The number of carbonyl (C=O) groups is 1. The van der Waals surface area contributed by atoms with E-state index >= 15 is 0 Å². The van der Waals surface area contributed by atoms with Gasteiger partial charge in [0.15, 0.2) is 11.5 Å². The van der Waals surface area contributed by atoms with Gasteiger partial charge >= 0.3 is 6.18 Å². The summed E-state index contributed by atoms with van der Waals surface area (Å²) in [6.45, 7) is 0.422. The second kappa shape index (κ2) is 9.18. The zero-order valence-corrected chi connectivity index (χ0v) is 17.0. The number of halogens is 3. The quantitative estimate of drug-likeness (QED) is 0.670. The van der Waals surface area contributed by atoms with Crippen LogP contribution in [-0.2, 0) is 11.3 Å². The number of benzene rings is 2. The molecule has 1 saturated heterocycles. The number of nitrogens with zero attached hydrogens (tertiary/aromatic N) is 1. The molecule has 166 valence electrons. The van der Waals surface area contributed by atoms with E-state index < -0.39 is 12.8 Å². The lowest BCUT2D eigenvalue weighted by Crippen LogP contribution is -2.30. The standard InChI is InChI=1S/C23H24F3NO4/c24-23(25,26)15-29-14-16-4-6-17(7-5-16)22(28)27-10-1-3-19(27)18-8-9-20-21(13-18)31-12-2-11-30-20/h4-9,13,19H,1-3,10-12,14-15H2. The Balaban J connectivity index is 1.44. The minimum absolute atomic E-state index is 0.0561. The Morgan fingerprint density at radius 3 is 2.52 bits per heavy atom. The monoisotopic (exact) mass is 435 g/mol. The molecule has 1 amide bonds. The fraction of sp³-hybridized carbons (Fsp3) is 0.435. The fourth-order valence-corrected chi connectivity index (χ4v) is 3.94. The highest BCUT2D eigenvalue weighted by molar-refractivity contribution is 5.94. The van der Waals surface area contributed by atoms with Gasteiger partial charge in [0.25, 0.3) is 5.91 Å². The van der Waals surface area contributed by atoms with Crippen LogP contribution in [0.3, 0.4) is 0 Å². The zero-order chi connectivity index (χ0) is 21.8. The van der Waals surface area contributed by atoms with E-state index in [-0.39, 0.29) is 18.6 Å². The number of amides is 1. The normalized spacial score (nSPS) is 18.7. The van der Waals surface area contributed by atoms with Crippen molar-refractivity contribution in [1.29, 1.82) is 0 Å². The predicted octanol–water partition coefficient (Wildman–Crippen LogP) is 4.90. The topological polar surface area (TPSA) is 48.0 Å². The lowest BCUT2D eigenvalue weighted by atomic mass is 10.0. The Hall–Kier alpha value is -2.74. The van der Waals surface area contributed by atoms with E-state index in [9.17, 15) is 18.0 Å². The number of carbonyl (C=O) groups excluding carboxylic acids is 1. The minimum Gasteiger partial charge on any atom is -0.490 e. The van der Waals surface area contributed by atoms with Crippen LogP contribution in [0.5, 0.6) is 11.5 Å². The summed E-state index contributed by atoms with van der Waals surface area (Å²) < 4.78 is 52.7. The molecule has 0 saturated carbocycles. The van der Waals surface area contributed by atoms with Crippen molar-refractivity contribution in [2.75, 3.05) is 26.4 Å². The van der Waals surface area contributed by atoms with Gasteiger partial charge in [-0.2, -0.15) is 13.2 Å². The first-order valence-corrected chi connectivity index (χ1v) is 10.3. The summed E-state index contributed by atoms with van der Waals surface area (Å²) in [5.41, 5.74) is 2.09. The van der Waals surface area contributed by atoms with E-state index in [0.29, 0.717) is 36.6 Å². The van der Waals surface area contributed by atoms with Crippen molar-refractivity contribution in [3.8, 4) is 11.5 Å². The smallest absolute Gasteiger partial charge is 0.411 e. The first-order chi connectivity index (χ1) is 14.9. The summed E-state index contributed by atoms with van der Waals surface area (Å²) in [7, 11) is 0. The van der Waals surface area contributed by atoms with Gasteiger partial charge in [0.1, 0.15) is 6.61 Å². The summed E-state index contributed by atoms with van der Waals surface area (Å²) in [5.74, 6) is 1.33. The Bertz CT molecular complexity index is 914. The molecular weight excluding hydrogens is 411 g/mol. The van der Waals surface area contributed by atoms with Crippen LogP contribution in [0.25, 0.3) is 0 Å². The van der Waals surface area contributed by atoms with Crippen molar-refractivity contribution in [3.05, 3.63) is 59.2 Å². The predicted molar refractivity (Wildman–Crippen MR) is 107 cm³/mol. The summed E-state index contributed by atoms with van der Waals surface area (Å²) in [5, 5.41) is 0. The highest BCUT2D eigenvalue weighted by Crippen LogP contribution is 2.38. The summed E-state index contributed by atoms with van der Waals surface area (Å²) in [6, 6.07) is 12.3. The average molecular weight is 435 g/mol. The van der Waals surface area contributed by atoms with E-state index in [2.05, 4.69) is 4.74 Å². The van der Waals surface area contributed by atoms with Crippen LogP contribution in [0, 0.1) is 0 Å². The van der Waals surface area contributed by atoms with Crippen molar-refractivity contribution in [2.24, 2.45) is 0 Å². The number of likely N-dealkylation sites (tertiary alicyclic amines) is 1. The third kappa shape index (κ3) is 5.31. The van der Waals surface area contributed by atoms with Gasteiger partial charge < -0.3 is 19.1 Å². The maximum atomic E-state index is 13.1. The second-order valence-electron chi connectivity index (χ2n) is 7.72. The van der Waals surface area contributed by atoms with Gasteiger partial charge in [-0.15, -0.1) is 0 Å². The highest BCUT2D eigenvalue weighted by Gasteiger charge is 2.31. The van der Waals surface area contributed by atoms with Gasteiger partial charge in [0.05, 0.1) is 25.9 Å². The Kier molecular flexibility index (Phi) is 6.36. The first-order valence-electron chi connectivity index (χ1n) is 10.3. The third-order valence-electron chi connectivity index (χ3n) is 5.41. The molecule has 31 heavy (non-hydrogen) atoms. The molecular formula is C23H24F3NO4. The van der Waals surface area contributed by atoms with Crippen LogP contribution in [0.2, 0.25) is 0 Å². The molecule has 0 aromatic heterocycles. The van der Waals surface area contributed by atoms with E-state index in [4.69, 9.17) is 9.47 Å². The van der Waals surface area contributed by atoms with Crippen molar-refractivity contribution in [2.45, 2.75) is 38.1 Å². The van der Waals surface area contributed by atoms with Crippen LogP contribution in [0.4, 0.5) is 13.2 Å². The van der Waals surface area contributed by atoms with Crippen LogP contribution < -0.4 is 9.47 Å². The number of fused-ring (bicyclic) bond motifs is 1. The second-order valence-corrected chi connectivity index (χ2v) is 7.72. The summed E-state index contributed by atoms with van der Waals surface area (Å²) in [4.78, 5) is 15.0. The van der Waals surface area contributed by atoms with E-state index in [0.717, 1.165) is 30.6 Å². The summed E-state index contributed by atoms with van der Waals surface area (Å²) in [6.07, 6.45) is -1.77. The molecule has 0 N–H and O–H groups in total. The fourth-order valence-electron chi connectivity index (χ4n) is 3.94. The van der Waals surface area contributed by atoms with E-state index in [1.165, 1.54) is 0 Å². The van der Waals surface area contributed by atoms with Crippen LogP contribution in [-0.4, -0.2) is 43.3 Å². The number of hydrogen-bond acceptors (Lipinski definition) is 4. The molecule has 0 spiro atoms. The van der Waals surface area contributed by atoms with E-state index in [1.54, 1.807) is 24.3 Å². The minimum atomic E-state index is -4.35. The van der Waals surface area contributed by atoms with E-state index in [1.807, 2.05) is 23.1 Å². The van der Waals surface area contributed by atoms with Crippen molar-refractivity contribution >= 4 is 5.91 Å². The Morgan fingerprint density at radius 1 is 1.03 bits per heavy atom. The van der Waals surface area contributed by atoms with Crippen molar-refractivity contribution in [1.82, 2.24) is 4.90 Å². The maximum absolute atomic E-state index is 13.1. The Labute approximate surface area is 178 Å². The Morgan fingerprint density at radius 2 is 1.77 bits per heavy atom. The molecule has 2 aromatic carbocycles. The van der Waals surface area contributed by atoms with Gasteiger partial charge in [-0.3, -0.25) is 4.79 Å². The molecule has 2 heterocycles. The number of ether oxygens (including phenoxy) is 3.